The van der Waals surface area contributed by atoms with Crippen LogP contribution in [0.25, 0.3) is 0 Å². The molecule has 33 heavy (non-hydrogen) atoms. The summed E-state index contributed by atoms with van der Waals surface area (Å²) in [4.78, 5) is 0. The Morgan fingerprint density at radius 2 is 0.576 bits per heavy atom. The van der Waals surface area contributed by atoms with Crippen molar-refractivity contribution in [3.63, 3.8) is 0 Å². The third-order valence-corrected chi connectivity index (χ3v) is 7.62. The highest BCUT2D eigenvalue weighted by Gasteiger charge is 2.25. The van der Waals surface area contributed by atoms with Crippen LogP contribution in [-0.4, -0.2) is 54.1 Å². The molecule has 0 fully saturated rings. The minimum absolute atomic E-state index is 0.246. The molecule has 200 valence electrons. The second-order valence-corrected chi connectivity index (χ2v) is 10.8. The summed E-state index contributed by atoms with van der Waals surface area (Å²) >= 11 is 0. The molecular formula is C30H64NO2+. The first-order valence-corrected chi connectivity index (χ1v) is 15.3. The lowest BCUT2D eigenvalue weighted by Crippen LogP contribution is -2.52. The molecule has 0 amide bonds. The van der Waals surface area contributed by atoms with E-state index in [9.17, 15) is 10.2 Å². The van der Waals surface area contributed by atoms with Crippen LogP contribution in [0, 0.1) is 0 Å². The van der Waals surface area contributed by atoms with Crippen LogP contribution in [-0.2, 0) is 0 Å². The topological polar surface area (TPSA) is 40.5 Å². The maximum atomic E-state index is 9.67. The van der Waals surface area contributed by atoms with Crippen molar-refractivity contribution in [3.05, 3.63) is 0 Å². The Kier molecular flexibility index (Phi) is 26.4. The highest BCUT2D eigenvalue weighted by molar-refractivity contribution is 4.53. The molecule has 0 radical (unpaired) electrons. The van der Waals surface area contributed by atoms with Crippen molar-refractivity contribution in [2.75, 3.05) is 39.4 Å². The minimum Gasteiger partial charge on any atom is -0.391 e. The van der Waals surface area contributed by atoms with Gasteiger partial charge in [-0.1, -0.05) is 129 Å². The van der Waals surface area contributed by atoms with Gasteiger partial charge < -0.3 is 14.7 Å². The highest BCUT2D eigenvalue weighted by atomic mass is 16.3. The first kappa shape index (κ1) is 32.9. The molecule has 3 heteroatoms. The average molecular weight is 471 g/mol. The lowest BCUT2D eigenvalue weighted by atomic mass is 10.0. The van der Waals surface area contributed by atoms with E-state index >= 15 is 0 Å². The lowest BCUT2D eigenvalue weighted by Gasteiger charge is -2.38. The molecule has 0 rings (SSSR count). The molecule has 0 unspecified atom stereocenters. The fourth-order valence-corrected chi connectivity index (χ4v) is 5.32. The summed E-state index contributed by atoms with van der Waals surface area (Å²) in [6.07, 6.45) is 30.3. The van der Waals surface area contributed by atoms with Crippen LogP contribution in [0.15, 0.2) is 0 Å². The summed E-state index contributed by atoms with van der Waals surface area (Å²) in [5.74, 6) is 0. The summed E-state index contributed by atoms with van der Waals surface area (Å²) < 4.78 is 0.932. The van der Waals surface area contributed by atoms with Gasteiger partial charge in [-0.25, -0.2) is 0 Å². The number of nitrogens with zero attached hydrogens (tertiary/aromatic N) is 1. The Balaban J connectivity index is 3.82. The summed E-state index contributed by atoms with van der Waals surface area (Å²) in [5, 5.41) is 19.3. The van der Waals surface area contributed by atoms with Crippen molar-refractivity contribution in [2.24, 2.45) is 0 Å². The van der Waals surface area contributed by atoms with Gasteiger partial charge in [0.2, 0.25) is 0 Å². The fraction of sp³-hybridized carbons (Fsp3) is 1.00. The molecule has 0 saturated heterocycles. The molecule has 0 aromatic carbocycles. The smallest absolute Gasteiger partial charge is 0.102 e. The van der Waals surface area contributed by atoms with Crippen molar-refractivity contribution in [3.8, 4) is 0 Å². The SMILES string of the molecule is CCCCCCCCCCCCCCCC[N+](CCO)(CCO)CCCCCCCCCC. The Morgan fingerprint density at radius 1 is 0.333 bits per heavy atom. The van der Waals surface area contributed by atoms with Crippen LogP contribution in [0.3, 0.4) is 0 Å². The minimum atomic E-state index is 0.246. The van der Waals surface area contributed by atoms with Gasteiger partial charge in [-0.05, 0) is 25.7 Å². The third-order valence-electron chi connectivity index (χ3n) is 7.62. The first-order valence-electron chi connectivity index (χ1n) is 15.3. The highest BCUT2D eigenvalue weighted by Crippen LogP contribution is 2.17. The second kappa shape index (κ2) is 26.5. The van der Waals surface area contributed by atoms with Crippen molar-refractivity contribution < 1.29 is 14.7 Å². The first-order chi connectivity index (χ1) is 16.2. The molecule has 0 saturated carbocycles. The van der Waals surface area contributed by atoms with Crippen molar-refractivity contribution >= 4 is 0 Å². The van der Waals surface area contributed by atoms with E-state index < -0.39 is 0 Å². The summed E-state index contributed by atoms with van der Waals surface area (Å²) in [6, 6.07) is 0. The molecule has 3 nitrogen and oxygen atoms in total. The number of aliphatic hydroxyl groups excluding tert-OH is 2. The monoisotopic (exact) mass is 470 g/mol. The molecule has 0 aliphatic carbocycles. The zero-order valence-corrected chi connectivity index (χ0v) is 23.1. The zero-order chi connectivity index (χ0) is 24.3. The summed E-state index contributed by atoms with van der Waals surface area (Å²) in [5.41, 5.74) is 0. The third kappa shape index (κ3) is 22.1. The fourth-order valence-electron chi connectivity index (χ4n) is 5.32. The van der Waals surface area contributed by atoms with E-state index in [-0.39, 0.29) is 13.2 Å². The lowest BCUT2D eigenvalue weighted by molar-refractivity contribution is -0.929. The van der Waals surface area contributed by atoms with Gasteiger partial charge in [-0.3, -0.25) is 0 Å². The number of unbranched alkanes of at least 4 members (excludes halogenated alkanes) is 20. The van der Waals surface area contributed by atoms with Crippen LogP contribution in [0.2, 0.25) is 0 Å². The van der Waals surface area contributed by atoms with E-state index in [1.807, 2.05) is 0 Å². The van der Waals surface area contributed by atoms with Gasteiger partial charge in [-0.2, -0.15) is 0 Å². The second-order valence-electron chi connectivity index (χ2n) is 10.8. The van der Waals surface area contributed by atoms with Crippen LogP contribution in [0.5, 0.6) is 0 Å². The zero-order valence-electron chi connectivity index (χ0n) is 23.1. The maximum absolute atomic E-state index is 9.67. The Morgan fingerprint density at radius 3 is 0.818 bits per heavy atom. The van der Waals surface area contributed by atoms with E-state index in [0.717, 1.165) is 30.7 Å². The molecule has 0 aromatic rings. The molecule has 0 aliphatic heterocycles. The Labute approximate surface area is 209 Å². The number of aliphatic hydroxyl groups is 2. The van der Waals surface area contributed by atoms with Crippen LogP contribution < -0.4 is 0 Å². The quantitative estimate of drug-likeness (QED) is 0.0889. The van der Waals surface area contributed by atoms with E-state index in [1.165, 1.54) is 141 Å². The molecule has 0 spiro atoms. The van der Waals surface area contributed by atoms with Crippen LogP contribution >= 0.6 is 0 Å². The number of quaternary nitrogens is 1. The van der Waals surface area contributed by atoms with E-state index in [2.05, 4.69) is 13.8 Å². The van der Waals surface area contributed by atoms with Crippen LogP contribution in [0.1, 0.15) is 155 Å². The number of rotatable bonds is 28. The van der Waals surface area contributed by atoms with Crippen LogP contribution in [0.4, 0.5) is 0 Å². The molecular weight excluding hydrogens is 406 g/mol. The average Bonchev–Trinajstić information content (AvgIpc) is 2.81. The molecule has 0 atom stereocenters. The predicted octanol–water partition coefficient (Wildman–Crippen LogP) is 8.41. The van der Waals surface area contributed by atoms with E-state index in [4.69, 9.17) is 0 Å². The van der Waals surface area contributed by atoms with Gasteiger partial charge >= 0.3 is 0 Å². The van der Waals surface area contributed by atoms with Crippen molar-refractivity contribution in [1.82, 2.24) is 0 Å². The predicted molar refractivity (Wildman–Crippen MR) is 147 cm³/mol. The van der Waals surface area contributed by atoms with E-state index in [0.29, 0.717) is 0 Å². The Hall–Kier alpha value is -0.120. The van der Waals surface area contributed by atoms with Gasteiger partial charge in [-0.15, -0.1) is 0 Å². The van der Waals surface area contributed by atoms with Gasteiger partial charge in [0.25, 0.3) is 0 Å². The molecule has 0 aromatic heterocycles. The standard InChI is InChI=1S/C30H64NO2/c1-3-5-7-9-11-13-14-15-16-17-18-20-22-24-26-31(27-29-32,28-30-33)25-23-21-19-12-10-8-6-4-2/h32-33H,3-30H2,1-2H3/q+1. The molecule has 0 heterocycles. The van der Waals surface area contributed by atoms with Gasteiger partial charge in [0.05, 0.1) is 26.3 Å². The normalized spacial score (nSPS) is 12.0. The molecule has 0 bridgehead atoms. The van der Waals surface area contributed by atoms with Crippen molar-refractivity contribution in [1.29, 1.82) is 0 Å². The van der Waals surface area contributed by atoms with Gasteiger partial charge in [0, 0.05) is 0 Å². The summed E-state index contributed by atoms with van der Waals surface area (Å²) in [6.45, 7) is 8.95. The van der Waals surface area contributed by atoms with Gasteiger partial charge in [0.15, 0.2) is 0 Å². The summed E-state index contributed by atoms with van der Waals surface area (Å²) in [7, 11) is 0. The number of hydrogen-bond acceptors (Lipinski definition) is 2. The molecule has 0 aliphatic rings. The molecule has 2 N–H and O–H groups in total. The van der Waals surface area contributed by atoms with E-state index in [1.54, 1.807) is 0 Å². The number of hydrogen-bond donors (Lipinski definition) is 2. The largest absolute Gasteiger partial charge is 0.391 e. The van der Waals surface area contributed by atoms with Gasteiger partial charge in [0.1, 0.15) is 13.1 Å². The Bertz CT molecular complexity index is 355. The van der Waals surface area contributed by atoms with Crippen molar-refractivity contribution in [2.45, 2.75) is 155 Å². The maximum Gasteiger partial charge on any atom is 0.102 e.